The highest BCUT2D eigenvalue weighted by atomic mass is 32.2. The second-order valence-corrected chi connectivity index (χ2v) is 5.37. The molecule has 0 radical (unpaired) electrons. The Hall–Kier alpha value is -1.66. The highest BCUT2D eigenvalue weighted by Crippen LogP contribution is 2.19. The van der Waals surface area contributed by atoms with Gasteiger partial charge in [0.25, 0.3) is 0 Å². The Bertz CT molecular complexity index is 659. The number of hydrogen-bond acceptors (Lipinski definition) is 3. The molecule has 1 aromatic carbocycles. The largest absolute Gasteiger partial charge is 0.241 e. The van der Waals surface area contributed by atoms with Gasteiger partial charge in [0.2, 0.25) is 10.0 Å². The van der Waals surface area contributed by atoms with Crippen LogP contribution < -0.4 is 5.14 Å². The molecule has 90 valence electrons. The summed E-state index contributed by atoms with van der Waals surface area (Å²) < 4.78 is 24.2. The van der Waals surface area contributed by atoms with Crippen molar-refractivity contribution in [3.63, 3.8) is 0 Å². The van der Waals surface area contributed by atoms with E-state index < -0.39 is 10.0 Å². The number of rotatable bonds is 2. The zero-order valence-electron chi connectivity index (χ0n) is 9.58. The molecule has 2 N–H and O–H groups in total. The van der Waals surface area contributed by atoms with E-state index in [1.807, 2.05) is 31.2 Å². The molecule has 0 aliphatic rings. The van der Waals surface area contributed by atoms with Gasteiger partial charge in [0.1, 0.15) is 4.90 Å². The van der Waals surface area contributed by atoms with Crippen LogP contribution in [0.4, 0.5) is 0 Å². The lowest BCUT2D eigenvalue weighted by Crippen LogP contribution is -2.13. The van der Waals surface area contributed by atoms with Gasteiger partial charge in [-0.15, -0.1) is 0 Å². The molecule has 2 aromatic rings. The number of aromatic nitrogens is 2. The molecule has 0 aliphatic heterocycles. The van der Waals surface area contributed by atoms with E-state index in [9.17, 15) is 8.42 Å². The van der Waals surface area contributed by atoms with Crippen molar-refractivity contribution < 1.29 is 8.42 Å². The van der Waals surface area contributed by atoms with Gasteiger partial charge in [-0.05, 0) is 25.5 Å². The minimum Gasteiger partial charge on any atom is -0.236 e. The summed E-state index contributed by atoms with van der Waals surface area (Å²) in [4.78, 5) is 0.0563. The third kappa shape index (κ3) is 2.09. The first kappa shape index (κ1) is 11.8. The molecular formula is C11H13N3O2S. The Labute approximate surface area is 99.9 Å². The fourth-order valence-electron chi connectivity index (χ4n) is 1.72. The Kier molecular flexibility index (Phi) is 2.76. The predicted molar refractivity (Wildman–Crippen MR) is 64.4 cm³/mol. The van der Waals surface area contributed by atoms with Crippen molar-refractivity contribution in [3.05, 3.63) is 41.7 Å². The number of nitrogens with zero attached hydrogens (tertiary/aromatic N) is 2. The van der Waals surface area contributed by atoms with Gasteiger partial charge < -0.3 is 0 Å². The van der Waals surface area contributed by atoms with Crippen LogP contribution in [0.25, 0.3) is 5.69 Å². The van der Waals surface area contributed by atoms with Crippen LogP contribution in [0.3, 0.4) is 0 Å². The summed E-state index contributed by atoms with van der Waals surface area (Å²) in [7, 11) is -3.72. The lowest BCUT2D eigenvalue weighted by molar-refractivity contribution is 0.597. The van der Waals surface area contributed by atoms with Crippen molar-refractivity contribution in [2.45, 2.75) is 18.7 Å². The lowest BCUT2D eigenvalue weighted by atomic mass is 10.2. The van der Waals surface area contributed by atoms with Gasteiger partial charge in [0.05, 0.1) is 17.6 Å². The maximum atomic E-state index is 11.3. The van der Waals surface area contributed by atoms with Crippen LogP contribution in [-0.4, -0.2) is 18.2 Å². The first-order valence-corrected chi connectivity index (χ1v) is 6.59. The average Bonchev–Trinajstić information content (AvgIpc) is 2.60. The zero-order chi connectivity index (χ0) is 12.6. The fourth-order valence-corrected chi connectivity index (χ4v) is 2.41. The third-order valence-corrected chi connectivity index (χ3v) is 3.63. The summed E-state index contributed by atoms with van der Waals surface area (Å²) in [5.74, 6) is 0. The molecule has 6 heteroatoms. The molecule has 0 atom stereocenters. The van der Waals surface area contributed by atoms with Gasteiger partial charge in [0, 0.05) is 0 Å². The molecule has 0 saturated carbocycles. The summed E-state index contributed by atoms with van der Waals surface area (Å²) in [5.41, 5.74) is 2.38. The highest BCUT2D eigenvalue weighted by Gasteiger charge is 2.17. The monoisotopic (exact) mass is 251 g/mol. The Morgan fingerprint density at radius 2 is 1.88 bits per heavy atom. The Morgan fingerprint density at radius 1 is 1.24 bits per heavy atom. The van der Waals surface area contributed by atoms with E-state index in [1.165, 1.54) is 6.20 Å². The second-order valence-electron chi connectivity index (χ2n) is 3.84. The summed E-state index contributed by atoms with van der Waals surface area (Å²) in [6.07, 6.45) is 1.27. The van der Waals surface area contributed by atoms with E-state index in [4.69, 9.17) is 5.14 Å². The zero-order valence-corrected chi connectivity index (χ0v) is 10.4. The molecule has 0 saturated heterocycles. The topological polar surface area (TPSA) is 78.0 Å². The van der Waals surface area contributed by atoms with Gasteiger partial charge in [-0.1, -0.05) is 18.2 Å². The normalized spacial score (nSPS) is 11.7. The second kappa shape index (κ2) is 3.97. The maximum Gasteiger partial charge on any atom is 0.241 e. The Balaban J connectivity index is 2.64. The van der Waals surface area contributed by atoms with Crippen molar-refractivity contribution in [2.24, 2.45) is 5.14 Å². The molecule has 0 bridgehead atoms. The highest BCUT2D eigenvalue weighted by molar-refractivity contribution is 7.89. The predicted octanol–water partition coefficient (Wildman–Crippen LogP) is 1.14. The molecule has 0 aliphatic carbocycles. The van der Waals surface area contributed by atoms with Crippen LogP contribution in [0, 0.1) is 13.8 Å². The first-order chi connectivity index (χ1) is 7.91. The molecule has 1 heterocycles. The SMILES string of the molecule is Cc1ccccc1-n1ncc(S(N)(=O)=O)c1C. The van der Waals surface area contributed by atoms with Crippen molar-refractivity contribution in [2.75, 3.05) is 0 Å². The van der Waals surface area contributed by atoms with Gasteiger partial charge in [-0.25, -0.2) is 18.2 Å². The average molecular weight is 251 g/mol. The van der Waals surface area contributed by atoms with Gasteiger partial charge in [-0.2, -0.15) is 5.10 Å². The molecule has 0 unspecified atom stereocenters. The van der Waals surface area contributed by atoms with Gasteiger partial charge >= 0.3 is 0 Å². The minimum atomic E-state index is -3.72. The molecule has 1 aromatic heterocycles. The number of sulfonamides is 1. The minimum absolute atomic E-state index is 0.0563. The summed E-state index contributed by atoms with van der Waals surface area (Å²) in [6, 6.07) is 7.60. The molecule has 2 rings (SSSR count). The van der Waals surface area contributed by atoms with Crippen molar-refractivity contribution in [3.8, 4) is 5.69 Å². The number of aryl methyl sites for hydroxylation is 1. The van der Waals surface area contributed by atoms with Crippen molar-refractivity contribution >= 4 is 10.0 Å². The van der Waals surface area contributed by atoms with E-state index in [-0.39, 0.29) is 4.90 Å². The first-order valence-electron chi connectivity index (χ1n) is 5.04. The molecule has 0 spiro atoms. The maximum absolute atomic E-state index is 11.3. The smallest absolute Gasteiger partial charge is 0.236 e. The molecule has 17 heavy (non-hydrogen) atoms. The number of primary sulfonamides is 1. The molecule has 5 nitrogen and oxygen atoms in total. The summed E-state index contributed by atoms with van der Waals surface area (Å²) >= 11 is 0. The Morgan fingerprint density at radius 3 is 2.41 bits per heavy atom. The molecule has 0 fully saturated rings. The van der Waals surface area contributed by atoms with Crippen molar-refractivity contribution in [1.82, 2.24) is 9.78 Å². The van der Waals surface area contributed by atoms with Gasteiger partial charge in [0.15, 0.2) is 0 Å². The molecule has 0 amide bonds. The number of nitrogens with two attached hydrogens (primary N) is 1. The number of benzene rings is 1. The van der Waals surface area contributed by atoms with Crippen LogP contribution in [0.2, 0.25) is 0 Å². The van der Waals surface area contributed by atoms with Crippen LogP contribution in [-0.2, 0) is 10.0 Å². The van der Waals surface area contributed by atoms with E-state index in [1.54, 1.807) is 11.6 Å². The van der Waals surface area contributed by atoms with E-state index >= 15 is 0 Å². The van der Waals surface area contributed by atoms with Crippen LogP contribution in [0.1, 0.15) is 11.3 Å². The molecular weight excluding hydrogens is 238 g/mol. The fraction of sp³-hybridized carbons (Fsp3) is 0.182. The van der Waals surface area contributed by atoms with E-state index in [2.05, 4.69) is 5.10 Å². The van der Waals surface area contributed by atoms with Crippen molar-refractivity contribution in [1.29, 1.82) is 0 Å². The van der Waals surface area contributed by atoms with Crippen LogP contribution in [0.15, 0.2) is 35.4 Å². The number of para-hydroxylation sites is 1. The van der Waals surface area contributed by atoms with Gasteiger partial charge in [-0.3, -0.25) is 0 Å². The van der Waals surface area contributed by atoms with E-state index in [0.717, 1.165) is 11.3 Å². The summed E-state index contributed by atoms with van der Waals surface area (Å²) in [5, 5.41) is 9.18. The van der Waals surface area contributed by atoms with Crippen LogP contribution >= 0.6 is 0 Å². The quantitative estimate of drug-likeness (QED) is 0.869. The standard InChI is InChI=1S/C11H13N3O2S/c1-8-5-3-4-6-10(8)14-9(2)11(7-13-14)17(12,15)16/h3-7H,1-2H3,(H2,12,15,16). The third-order valence-electron chi connectivity index (χ3n) is 2.61. The number of hydrogen-bond donors (Lipinski definition) is 1. The summed E-state index contributed by atoms with van der Waals surface area (Å²) in [6.45, 7) is 3.62. The van der Waals surface area contributed by atoms with Crippen LogP contribution in [0.5, 0.6) is 0 Å². The van der Waals surface area contributed by atoms with E-state index in [0.29, 0.717) is 5.69 Å². The lowest BCUT2D eigenvalue weighted by Gasteiger charge is -2.07.